The van der Waals surface area contributed by atoms with Crippen molar-refractivity contribution in [3.63, 3.8) is 0 Å². The first-order valence-corrected chi connectivity index (χ1v) is 4.91. The van der Waals surface area contributed by atoms with Crippen molar-refractivity contribution in [2.24, 2.45) is 0 Å². The van der Waals surface area contributed by atoms with Crippen LogP contribution in [-0.2, 0) is 6.54 Å². The van der Waals surface area contributed by atoms with Gasteiger partial charge in [-0.2, -0.15) is 18.3 Å². The zero-order chi connectivity index (χ0) is 12.2. The van der Waals surface area contributed by atoms with E-state index in [1.807, 2.05) is 0 Å². The Labute approximate surface area is 91.8 Å². The van der Waals surface area contributed by atoms with E-state index < -0.39 is 12.7 Å². The average Bonchev–Trinajstić information content (AvgIpc) is 2.48. The van der Waals surface area contributed by atoms with Crippen LogP contribution in [0.25, 0.3) is 0 Å². The Morgan fingerprint density at radius 2 is 2.19 bits per heavy atom. The van der Waals surface area contributed by atoms with E-state index in [2.05, 4.69) is 5.10 Å². The van der Waals surface area contributed by atoms with Gasteiger partial charge in [0, 0.05) is 12.7 Å². The molecule has 7 heteroatoms. The highest BCUT2D eigenvalue weighted by Gasteiger charge is 2.28. The van der Waals surface area contributed by atoms with Gasteiger partial charge in [-0.15, -0.1) is 0 Å². The molecule has 0 aromatic carbocycles. The van der Waals surface area contributed by atoms with E-state index in [-0.39, 0.29) is 0 Å². The van der Waals surface area contributed by atoms with Gasteiger partial charge in [0.2, 0.25) is 0 Å². The highest BCUT2D eigenvalue weighted by Crippen LogP contribution is 2.15. The van der Waals surface area contributed by atoms with Crippen LogP contribution >= 0.6 is 0 Å². The normalized spacial score (nSPS) is 12.3. The lowest BCUT2D eigenvalue weighted by molar-refractivity contribution is -0.143. The number of nitrogens with zero attached hydrogens (tertiary/aromatic N) is 3. The fourth-order valence-corrected chi connectivity index (χ4v) is 1.39. The fourth-order valence-electron chi connectivity index (χ4n) is 1.39. The van der Waals surface area contributed by atoms with Crippen molar-refractivity contribution in [1.82, 2.24) is 14.7 Å². The number of aryl methyl sites for hydroxylation is 1. The molecule has 1 aromatic rings. The minimum Gasteiger partial charge on any atom is -0.382 e. The molecule has 0 unspecified atom stereocenters. The summed E-state index contributed by atoms with van der Waals surface area (Å²) in [5.74, 6) is 0.420. The highest BCUT2D eigenvalue weighted by atomic mass is 19.4. The standard InChI is InChI=1S/C9H15F3N4/c1-15(7-9(10,11)12)4-2-5-16-6-3-8(13)14-16/h3,6H,2,4-5,7H2,1H3,(H2,13,14). The first-order chi connectivity index (χ1) is 7.37. The molecule has 0 aliphatic heterocycles. The second kappa shape index (κ2) is 5.20. The van der Waals surface area contributed by atoms with Gasteiger partial charge in [0.1, 0.15) is 5.82 Å². The monoisotopic (exact) mass is 236 g/mol. The molecule has 16 heavy (non-hydrogen) atoms. The lowest BCUT2D eigenvalue weighted by atomic mass is 10.4. The average molecular weight is 236 g/mol. The summed E-state index contributed by atoms with van der Waals surface area (Å²) >= 11 is 0. The molecule has 0 saturated heterocycles. The molecule has 4 nitrogen and oxygen atoms in total. The summed E-state index contributed by atoms with van der Waals surface area (Å²) < 4.78 is 37.6. The molecule has 92 valence electrons. The van der Waals surface area contributed by atoms with Crippen molar-refractivity contribution >= 4 is 5.82 Å². The van der Waals surface area contributed by atoms with Gasteiger partial charge in [-0.05, 0) is 26.1 Å². The molecule has 0 atom stereocenters. The summed E-state index contributed by atoms with van der Waals surface area (Å²) in [5, 5.41) is 3.94. The minimum absolute atomic E-state index is 0.374. The molecule has 0 saturated carbocycles. The smallest absolute Gasteiger partial charge is 0.382 e. The summed E-state index contributed by atoms with van der Waals surface area (Å²) in [4.78, 5) is 1.24. The van der Waals surface area contributed by atoms with Crippen LogP contribution in [0, 0.1) is 0 Å². The van der Waals surface area contributed by atoms with E-state index in [0.29, 0.717) is 25.3 Å². The first-order valence-electron chi connectivity index (χ1n) is 4.91. The Morgan fingerprint density at radius 3 is 2.69 bits per heavy atom. The Balaban J connectivity index is 2.20. The van der Waals surface area contributed by atoms with Gasteiger partial charge in [-0.1, -0.05) is 0 Å². The molecule has 2 N–H and O–H groups in total. The Morgan fingerprint density at radius 1 is 1.50 bits per heavy atom. The van der Waals surface area contributed by atoms with Crippen molar-refractivity contribution in [3.8, 4) is 0 Å². The van der Waals surface area contributed by atoms with Gasteiger partial charge in [-0.25, -0.2) is 0 Å². The zero-order valence-corrected chi connectivity index (χ0v) is 9.04. The summed E-state index contributed by atoms with van der Waals surface area (Å²) in [7, 11) is 1.45. The number of hydrogen-bond acceptors (Lipinski definition) is 3. The Hall–Kier alpha value is -1.24. The van der Waals surface area contributed by atoms with Gasteiger partial charge in [-0.3, -0.25) is 9.58 Å². The second-order valence-corrected chi connectivity index (χ2v) is 3.71. The molecule has 0 aliphatic rings. The van der Waals surface area contributed by atoms with Crippen molar-refractivity contribution in [2.45, 2.75) is 19.1 Å². The largest absolute Gasteiger partial charge is 0.401 e. The van der Waals surface area contributed by atoms with Gasteiger partial charge >= 0.3 is 6.18 Å². The minimum atomic E-state index is -4.13. The molecule has 0 fully saturated rings. The maximum absolute atomic E-state index is 12.0. The van der Waals surface area contributed by atoms with Crippen LogP contribution in [0.4, 0.5) is 19.0 Å². The highest BCUT2D eigenvalue weighted by molar-refractivity contribution is 5.23. The van der Waals surface area contributed by atoms with Crippen LogP contribution in [0.2, 0.25) is 0 Å². The Kier molecular flexibility index (Phi) is 4.17. The predicted molar refractivity (Wildman–Crippen MR) is 54.8 cm³/mol. The van der Waals surface area contributed by atoms with E-state index in [1.165, 1.54) is 11.9 Å². The lowest BCUT2D eigenvalue weighted by Gasteiger charge is -2.18. The van der Waals surface area contributed by atoms with Crippen molar-refractivity contribution in [3.05, 3.63) is 12.3 Å². The van der Waals surface area contributed by atoms with E-state index >= 15 is 0 Å². The van der Waals surface area contributed by atoms with E-state index in [1.54, 1.807) is 16.9 Å². The predicted octanol–water partition coefficient (Wildman–Crippen LogP) is 1.35. The number of nitrogens with two attached hydrogens (primary N) is 1. The number of rotatable bonds is 5. The SMILES string of the molecule is CN(CCCn1ccc(N)n1)CC(F)(F)F. The van der Waals surface area contributed by atoms with E-state index in [0.717, 1.165) is 0 Å². The third-order valence-corrected chi connectivity index (χ3v) is 2.04. The van der Waals surface area contributed by atoms with Crippen LogP contribution < -0.4 is 5.73 Å². The number of anilines is 1. The number of halogens is 3. The fraction of sp³-hybridized carbons (Fsp3) is 0.667. The van der Waals surface area contributed by atoms with Crippen LogP contribution in [0.3, 0.4) is 0 Å². The molecule has 0 spiro atoms. The van der Waals surface area contributed by atoms with Crippen LogP contribution in [0.15, 0.2) is 12.3 Å². The molecular formula is C9H15F3N4. The first kappa shape index (κ1) is 12.8. The van der Waals surface area contributed by atoms with Gasteiger partial charge in [0.05, 0.1) is 6.54 Å². The van der Waals surface area contributed by atoms with Crippen LogP contribution in [0.5, 0.6) is 0 Å². The molecule has 1 rings (SSSR count). The van der Waals surface area contributed by atoms with Crippen LogP contribution in [-0.4, -0.2) is 41.0 Å². The summed E-state index contributed by atoms with van der Waals surface area (Å²) in [6, 6.07) is 1.65. The van der Waals surface area contributed by atoms with Gasteiger partial charge < -0.3 is 5.73 Å². The zero-order valence-electron chi connectivity index (χ0n) is 9.04. The maximum Gasteiger partial charge on any atom is 0.401 e. The number of nitrogen functional groups attached to an aromatic ring is 1. The third-order valence-electron chi connectivity index (χ3n) is 2.04. The number of aromatic nitrogens is 2. The van der Waals surface area contributed by atoms with E-state index in [4.69, 9.17) is 5.73 Å². The number of hydrogen-bond donors (Lipinski definition) is 1. The molecule has 1 heterocycles. The molecule has 0 amide bonds. The molecule has 1 aromatic heterocycles. The quantitative estimate of drug-likeness (QED) is 0.839. The molecule has 0 aliphatic carbocycles. The summed E-state index contributed by atoms with van der Waals surface area (Å²) in [6.45, 7) is 0.0624. The Bertz CT molecular complexity index is 321. The van der Waals surface area contributed by atoms with Gasteiger partial charge in [0.15, 0.2) is 0 Å². The molecule has 0 radical (unpaired) electrons. The van der Waals surface area contributed by atoms with Crippen LogP contribution in [0.1, 0.15) is 6.42 Å². The summed E-state index contributed by atoms with van der Waals surface area (Å²) in [6.07, 6.45) is -1.82. The maximum atomic E-state index is 12.0. The second-order valence-electron chi connectivity index (χ2n) is 3.71. The summed E-state index contributed by atoms with van der Waals surface area (Å²) in [5.41, 5.74) is 5.40. The van der Waals surface area contributed by atoms with Crippen molar-refractivity contribution < 1.29 is 13.2 Å². The van der Waals surface area contributed by atoms with Gasteiger partial charge in [0.25, 0.3) is 0 Å². The van der Waals surface area contributed by atoms with Crippen molar-refractivity contribution in [2.75, 3.05) is 25.9 Å². The molecule has 0 bridgehead atoms. The lowest BCUT2D eigenvalue weighted by Crippen LogP contribution is -2.32. The van der Waals surface area contributed by atoms with Crippen molar-refractivity contribution in [1.29, 1.82) is 0 Å². The van der Waals surface area contributed by atoms with E-state index in [9.17, 15) is 13.2 Å². The number of alkyl halides is 3. The topological polar surface area (TPSA) is 47.1 Å². The molecular weight excluding hydrogens is 221 g/mol. The third kappa shape index (κ3) is 5.01.